The van der Waals surface area contributed by atoms with E-state index in [0.29, 0.717) is 23.0 Å². The summed E-state index contributed by atoms with van der Waals surface area (Å²) in [4.78, 5) is 38.7. The van der Waals surface area contributed by atoms with Crippen LogP contribution in [0.3, 0.4) is 0 Å². The minimum atomic E-state index is -0.675. The van der Waals surface area contributed by atoms with Crippen molar-refractivity contribution >= 4 is 50.8 Å². The number of hydrogen-bond donors (Lipinski definition) is 1. The lowest BCUT2D eigenvalue weighted by molar-refractivity contribution is -0.151. The Bertz CT molecular complexity index is 1130. The van der Waals surface area contributed by atoms with Crippen molar-refractivity contribution < 1.29 is 19.1 Å². The van der Waals surface area contributed by atoms with Crippen LogP contribution in [0.15, 0.2) is 48.5 Å². The van der Waals surface area contributed by atoms with Gasteiger partial charge in [-0.05, 0) is 23.6 Å². The fraction of sp³-hybridized carbons (Fsp3) is 0.227. The number of nitrogens with one attached hydrogen (secondary N) is 1. The second-order valence-electron chi connectivity index (χ2n) is 6.92. The van der Waals surface area contributed by atoms with E-state index < -0.39 is 11.9 Å². The Kier molecular flexibility index (Phi) is 6.01. The van der Waals surface area contributed by atoms with E-state index in [0.717, 1.165) is 22.1 Å². The lowest BCUT2D eigenvalue weighted by Gasteiger charge is -2.28. The van der Waals surface area contributed by atoms with E-state index in [-0.39, 0.29) is 19.1 Å². The highest BCUT2D eigenvalue weighted by Crippen LogP contribution is 2.34. The van der Waals surface area contributed by atoms with Gasteiger partial charge in [-0.15, -0.1) is 11.3 Å². The molecule has 154 valence electrons. The highest BCUT2D eigenvalue weighted by atomic mass is 35.5. The van der Waals surface area contributed by atoms with Gasteiger partial charge >= 0.3 is 5.97 Å². The summed E-state index contributed by atoms with van der Waals surface area (Å²) < 4.78 is 5.94. The molecule has 6 nitrogen and oxygen atoms in total. The van der Waals surface area contributed by atoms with Crippen LogP contribution in [0, 0.1) is 0 Å². The van der Waals surface area contributed by atoms with Crippen LogP contribution in [-0.4, -0.2) is 42.4 Å². The summed E-state index contributed by atoms with van der Waals surface area (Å²) in [6.07, 6.45) is 0.780. The third-order valence-electron chi connectivity index (χ3n) is 4.97. The number of nitrogens with zero attached hydrogens (tertiary/aromatic N) is 1. The molecule has 0 aliphatic carbocycles. The van der Waals surface area contributed by atoms with Gasteiger partial charge in [-0.1, -0.05) is 54.1 Å². The molecule has 2 amide bonds. The number of amides is 2. The van der Waals surface area contributed by atoms with Crippen LogP contribution in [0.2, 0.25) is 5.02 Å². The SMILES string of the molecule is O=C(CNC(=O)c1sc2ccccc2c1Cl)OCC(=O)N1CCc2ccccc2C1. The number of esters is 1. The molecule has 1 aliphatic rings. The lowest BCUT2D eigenvalue weighted by Crippen LogP contribution is -2.39. The summed E-state index contributed by atoms with van der Waals surface area (Å²) in [6, 6.07) is 15.4. The fourth-order valence-electron chi connectivity index (χ4n) is 3.39. The Morgan fingerprint density at radius 3 is 2.60 bits per heavy atom. The van der Waals surface area contributed by atoms with Crippen molar-refractivity contribution in [3.8, 4) is 0 Å². The van der Waals surface area contributed by atoms with Gasteiger partial charge < -0.3 is 15.0 Å². The zero-order valence-corrected chi connectivity index (χ0v) is 17.6. The number of halogens is 1. The first-order chi connectivity index (χ1) is 14.5. The van der Waals surface area contributed by atoms with Crippen molar-refractivity contribution in [2.24, 2.45) is 0 Å². The first kappa shape index (κ1) is 20.4. The summed E-state index contributed by atoms with van der Waals surface area (Å²) in [5.41, 5.74) is 2.34. The van der Waals surface area contributed by atoms with E-state index in [1.54, 1.807) is 4.90 Å². The van der Waals surface area contributed by atoms with Crippen LogP contribution in [-0.2, 0) is 27.3 Å². The van der Waals surface area contributed by atoms with Crippen molar-refractivity contribution in [3.63, 3.8) is 0 Å². The first-order valence-electron chi connectivity index (χ1n) is 9.48. The number of rotatable bonds is 5. The molecular formula is C22H19ClN2O4S. The van der Waals surface area contributed by atoms with Crippen molar-refractivity contribution in [1.82, 2.24) is 10.2 Å². The van der Waals surface area contributed by atoms with Crippen molar-refractivity contribution in [3.05, 3.63) is 69.6 Å². The molecule has 1 aliphatic heterocycles. The number of benzene rings is 2. The van der Waals surface area contributed by atoms with E-state index in [2.05, 4.69) is 11.4 Å². The van der Waals surface area contributed by atoms with Gasteiger partial charge in [0, 0.05) is 23.2 Å². The maximum absolute atomic E-state index is 12.4. The van der Waals surface area contributed by atoms with Crippen LogP contribution in [0.5, 0.6) is 0 Å². The monoisotopic (exact) mass is 442 g/mol. The molecule has 0 saturated carbocycles. The number of fused-ring (bicyclic) bond motifs is 2. The van der Waals surface area contributed by atoms with E-state index in [9.17, 15) is 14.4 Å². The molecule has 4 rings (SSSR count). The third-order valence-corrected chi connectivity index (χ3v) is 6.65. The van der Waals surface area contributed by atoms with Crippen LogP contribution in [0.25, 0.3) is 10.1 Å². The molecule has 3 aromatic rings. The largest absolute Gasteiger partial charge is 0.454 e. The van der Waals surface area contributed by atoms with Crippen molar-refractivity contribution in [1.29, 1.82) is 0 Å². The molecular weight excluding hydrogens is 424 g/mol. The molecule has 0 bridgehead atoms. The summed E-state index contributed by atoms with van der Waals surface area (Å²) in [5, 5.41) is 3.66. The predicted octanol–water partition coefficient (Wildman–Crippen LogP) is 3.41. The molecule has 1 aromatic heterocycles. The molecule has 0 spiro atoms. The normalized spacial score (nSPS) is 13.0. The highest BCUT2D eigenvalue weighted by molar-refractivity contribution is 7.21. The molecule has 0 radical (unpaired) electrons. The third kappa shape index (κ3) is 4.32. The minimum Gasteiger partial charge on any atom is -0.454 e. The van der Waals surface area contributed by atoms with Gasteiger partial charge in [0.1, 0.15) is 11.4 Å². The number of ether oxygens (including phenoxy) is 1. The average molecular weight is 443 g/mol. The van der Waals surface area contributed by atoms with Gasteiger partial charge in [-0.25, -0.2) is 0 Å². The van der Waals surface area contributed by atoms with E-state index in [4.69, 9.17) is 16.3 Å². The van der Waals surface area contributed by atoms with Gasteiger partial charge in [-0.2, -0.15) is 0 Å². The number of thiophene rings is 1. The van der Waals surface area contributed by atoms with Crippen molar-refractivity contribution in [2.45, 2.75) is 13.0 Å². The van der Waals surface area contributed by atoms with Crippen LogP contribution in [0.4, 0.5) is 0 Å². The van der Waals surface area contributed by atoms with E-state index >= 15 is 0 Å². The zero-order valence-electron chi connectivity index (χ0n) is 16.0. The second kappa shape index (κ2) is 8.85. The van der Waals surface area contributed by atoms with Crippen LogP contribution < -0.4 is 5.32 Å². The van der Waals surface area contributed by atoms with Gasteiger partial charge in [0.25, 0.3) is 11.8 Å². The Hall–Kier alpha value is -2.90. The minimum absolute atomic E-state index is 0.253. The molecule has 0 atom stereocenters. The number of hydrogen-bond acceptors (Lipinski definition) is 5. The fourth-order valence-corrected chi connectivity index (χ4v) is 4.82. The van der Waals surface area contributed by atoms with E-state index in [1.807, 2.05) is 42.5 Å². The molecule has 8 heteroatoms. The summed E-state index contributed by atoms with van der Waals surface area (Å²) in [7, 11) is 0. The average Bonchev–Trinajstić information content (AvgIpc) is 3.12. The number of carbonyl (C=O) groups excluding carboxylic acids is 3. The molecule has 1 N–H and O–H groups in total. The standard InChI is InChI=1S/C22H19ClN2O4S/c23-20-16-7-3-4-8-17(16)30-21(20)22(28)24-11-19(27)29-13-18(26)25-10-9-14-5-1-2-6-15(14)12-25/h1-8H,9-13H2,(H,24,28). The lowest BCUT2D eigenvalue weighted by atomic mass is 10.00. The second-order valence-corrected chi connectivity index (χ2v) is 8.35. The zero-order chi connectivity index (χ0) is 21.1. The van der Waals surface area contributed by atoms with Gasteiger partial charge in [0.15, 0.2) is 6.61 Å². The maximum Gasteiger partial charge on any atom is 0.325 e. The molecule has 2 heterocycles. The van der Waals surface area contributed by atoms with Crippen LogP contribution >= 0.6 is 22.9 Å². The van der Waals surface area contributed by atoms with E-state index in [1.165, 1.54) is 16.9 Å². The molecule has 30 heavy (non-hydrogen) atoms. The number of carbonyl (C=O) groups is 3. The Morgan fingerprint density at radius 2 is 1.80 bits per heavy atom. The van der Waals surface area contributed by atoms with Gasteiger partial charge in [0.05, 0.1) is 5.02 Å². The maximum atomic E-state index is 12.4. The van der Waals surface area contributed by atoms with Crippen molar-refractivity contribution in [2.75, 3.05) is 19.7 Å². The Morgan fingerprint density at radius 1 is 1.07 bits per heavy atom. The van der Waals surface area contributed by atoms with Gasteiger partial charge in [-0.3, -0.25) is 14.4 Å². The first-order valence-corrected chi connectivity index (χ1v) is 10.7. The molecule has 0 fully saturated rings. The van der Waals surface area contributed by atoms with Crippen LogP contribution in [0.1, 0.15) is 20.8 Å². The summed E-state index contributed by atoms with van der Waals surface area (Å²) in [6.45, 7) is 0.419. The Balaban J connectivity index is 1.26. The molecule has 0 saturated heterocycles. The van der Waals surface area contributed by atoms with Gasteiger partial charge in [0.2, 0.25) is 0 Å². The smallest absolute Gasteiger partial charge is 0.325 e. The highest BCUT2D eigenvalue weighted by Gasteiger charge is 2.22. The molecule has 2 aromatic carbocycles. The summed E-state index contributed by atoms with van der Waals surface area (Å²) >= 11 is 7.53. The summed E-state index contributed by atoms with van der Waals surface area (Å²) in [5.74, 6) is -1.37. The predicted molar refractivity (Wildman–Crippen MR) is 116 cm³/mol. The topological polar surface area (TPSA) is 75.7 Å². The Labute approximate surface area is 182 Å². The molecule has 0 unspecified atom stereocenters. The quantitative estimate of drug-likeness (QED) is 0.614.